The fourth-order valence-electron chi connectivity index (χ4n) is 2.88. The van der Waals surface area contributed by atoms with Crippen LogP contribution in [0.15, 0.2) is 61.1 Å². The van der Waals surface area contributed by atoms with Crippen molar-refractivity contribution in [3.05, 3.63) is 83.3 Å². The number of carbonyl (C=O) groups excluding carboxylic acids is 1. The van der Waals surface area contributed by atoms with Gasteiger partial charge >= 0.3 is 0 Å². The quantitative estimate of drug-likeness (QED) is 0.777. The van der Waals surface area contributed by atoms with Crippen LogP contribution in [0.3, 0.4) is 0 Å². The first-order chi connectivity index (χ1) is 12.0. The zero-order chi connectivity index (χ0) is 17.8. The minimum absolute atomic E-state index is 0.0638. The summed E-state index contributed by atoms with van der Waals surface area (Å²) >= 11 is 0. The van der Waals surface area contributed by atoms with Crippen molar-refractivity contribution in [1.82, 2.24) is 15.3 Å². The molecule has 1 atom stereocenters. The van der Waals surface area contributed by atoms with Crippen LogP contribution in [-0.4, -0.2) is 15.9 Å². The highest BCUT2D eigenvalue weighted by Gasteiger charge is 2.14. The Bertz CT molecular complexity index is 873. The van der Waals surface area contributed by atoms with Crippen LogP contribution in [0.1, 0.15) is 40.0 Å². The highest BCUT2D eigenvalue weighted by atomic mass is 16.1. The van der Waals surface area contributed by atoms with E-state index in [0.717, 1.165) is 16.8 Å². The van der Waals surface area contributed by atoms with Gasteiger partial charge in [-0.1, -0.05) is 23.8 Å². The van der Waals surface area contributed by atoms with Gasteiger partial charge in [-0.25, -0.2) is 0 Å². The fourth-order valence-corrected chi connectivity index (χ4v) is 2.88. The monoisotopic (exact) mass is 331 g/mol. The number of carbonyl (C=O) groups is 1. The Labute approximate surface area is 148 Å². The highest BCUT2D eigenvalue weighted by Crippen LogP contribution is 2.20. The fraction of sp³-hybridized carbons (Fsp3) is 0.190. The van der Waals surface area contributed by atoms with Gasteiger partial charge in [-0.05, 0) is 56.2 Å². The van der Waals surface area contributed by atoms with Crippen LogP contribution in [0.2, 0.25) is 0 Å². The molecule has 2 heterocycles. The van der Waals surface area contributed by atoms with E-state index in [-0.39, 0.29) is 11.9 Å². The number of hydrogen-bond donors (Lipinski definition) is 1. The van der Waals surface area contributed by atoms with Crippen LogP contribution in [0, 0.1) is 13.8 Å². The molecule has 0 bridgehead atoms. The summed E-state index contributed by atoms with van der Waals surface area (Å²) in [6.07, 6.45) is 5.08. The van der Waals surface area contributed by atoms with Gasteiger partial charge in [0.05, 0.1) is 17.3 Å². The second kappa shape index (κ2) is 7.26. The van der Waals surface area contributed by atoms with Gasteiger partial charge in [0.2, 0.25) is 0 Å². The number of amides is 1. The van der Waals surface area contributed by atoms with Gasteiger partial charge in [0.25, 0.3) is 5.91 Å². The van der Waals surface area contributed by atoms with Gasteiger partial charge in [-0.3, -0.25) is 14.8 Å². The molecule has 2 aromatic heterocycles. The predicted molar refractivity (Wildman–Crippen MR) is 99.3 cm³/mol. The Kier molecular flexibility index (Phi) is 4.89. The Morgan fingerprint density at radius 2 is 1.92 bits per heavy atom. The third kappa shape index (κ3) is 3.91. The van der Waals surface area contributed by atoms with Crippen LogP contribution < -0.4 is 5.32 Å². The van der Waals surface area contributed by atoms with E-state index in [4.69, 9.17) is 0 Å². The zero-order valence-electron chi connectivity index (χ0n) is 14.7. The first-order valence-electron chi connectivity index (χ1n) is 8.29. The van der Waals surface area contributed by atoms with E-state index in [1.54, 1.807) is 24.7 Å². The molecule has 0 aliphatic carbocycles. The van der Waals surface area contributed by atoms with Gasteiger partial charge in [0, 0.05) is 24.2 Å². The molecule has 1 unspecified atom stereocenters. The third-order valence-corrected chi connectivity index (χ3v) is 4.22. The summed E-state index contributed by atoms with van der Waals surface area (Å²) in [5.41, 5.74) is 5.79. The molecule has 4 heteroatoms. The van der Waals surface area contributed by atoms with Gasteiger partial charge in [-0.2, -0.15) is 0 Å². The SMILES string of the molecule is Cc1ccc(C(C)NC(=O)c2ccc(-c3cccnc3)nc2)c(C)c1. The minimum atomic E-state index is -0.127. The standard InChI is InChI=1S/C21H21N3O/c1-14-6-8-19(15(2)11-14)16(3)24-21(25)18-7-9-20(23-13-18)17-5-4-10-22-12-17/h4-13,16H,1-3H3,(H,24,25). The summed E-state index contributed by atoms with van der Waals surface area (Å²) in [4.78, 5) is 21.0. The average Bonchev–Trinajstić information content (AvgIpc) is 2.62. The van der Waals surface area contributed by atoms with Crippen molar-refractivity contribution in [3.8, 4) is 11.3 Å². The van der Waals surface area contributed by atoms with E-state index in [0.29, 0.717) is 5.56 Å². The molecule has 4 nitrogen and oxygen atoms in total. The zero-order valence-corrected chi connectivity index (χ0v) is 14.7. The van der Waals surface area contributed by atoms with Crippen molar-refractivity contribution in [1.29, 1.82) is 0 Å². The van der Waals surface area contributed by atoms with Gasteiger partial charge in [0.1, 0.15) is 0 Å². The Hall–Kier alpha value is -3.01. The van der Waals surface area contributed by atoms with E-state index >= 15 is 0 Å². The van der Waals surface area contributed by atoms with Crippen LogP contribution in [-0.2, 0) is 0 Å². The lowest BCUT2D eigenvalue weighted by atomic mass is 10.00. The van der Waals surface area contributed by atoms with E-state index in [2.05, 4.69) is 47.3 Å². The first-order valence-corrected chi connectivity index (χ1v) is 8.29. The van der Waals surface area contributed by atoms with Crippen LogP contribution in [0.5, 0.6) is 0 Å². The van der Waals surface area contributed by atoms with E-state index < -0.39 is 0 Å². The molecular weight excluding hydrogens is 310 g/mol. The topological polar surface area (TPSA) is 54.9 Å². The van der Waals surface area contributed by atoms with Crippen LogP contribution >= 0.6 is 0 Å². The largest absolute Gasteiger partial charge is 0.345 e. The Morgan fingerprint density at radius 1 is 1.08 bits per heavy atom. The number of nitrogens with one attached hydrogen (secondary N) is 1. The number of benzene rings is 1. The van der Waals surface area contributed by atoms with E-state index in [1.807, 2.05) is 25.1 Å². The van der Waals surface area contributed by atoms with E-state index in [1.165, 1.54) is 11.1 Å². The van der Waals surface area contributed by atoms with Gasteiger partial charge in [-0.15, -0.1) is 0 Å². The first kappa shape index (κ1) is 16.8. The molecule has 3 aromatic rings. The molecular formula is C21H21N3O. The number of rotatable bonds is 4. The second-order valence-corrected chi connectivity index (χ2v) is 6.23. The lowest BCUT2D eigenvalue weighted by Gasteiger charge is -2.17. The maximum absolute atomic E-state index is 12.5. The normalized spacial score (nSPS) is 11.8. The number of nitrogens with zero attached hydrogens (tertiary/aromatic N) is 2. The van der Waals surface area contributed by atoms with Crippen molar-refractivity contribution >= 4 is 5.91 Å². The molecule has 1 N–H and O–H groups in total. The summed E-state index contributed by atoms with van der Waals surface area (Å²) in [7, 11) is 0. The van der Waals surface area contributed by atoms with Gasteiger partial charge < -0.3 is 5.32 Å². The Balaban J connectivity index is 1.73. The summed E-state index contributed by atoms with van der Waals surface area (Å²) < 4.78 is 0. The molecule has 25 heavy (non-hydrogen) atoms. The summed E-state index contributed by atoms with van der Waals surface area (Å²) in [5, 5.41) is 3.04. The van der Waals surface area contributed by atoms with Crippen LogP contribution in [0.25, 0.3) is 11.3 Å². The molecule has 0 saturated heterocycles. The maximum Gasteiger partial charge on any atom is 0.253 e. The molecule has 0 aliphatic rings. The Morgan fingerprint density at radius 3 is 2.56 bits per heavy atom. The highest BCUT2D eigenvalue weighted by molar-refractivity contribution is 5.94. The summed E-state index contributed by atoms with van der Waals surface area (Å²) in [6.45, 7) is 6.12. The van der Waals surface area contributed by atoms with Crippen molar-refractivity contribution in [2.75, 3.05) is 0 Å². The molecule has 0 saturated carbocycles. The third-order valence-electron chi connectivity index (χ3n) is 4.22. The average molecular weight is 331 g/mol. The van der Waals surface area contributed by atoms with Crippen LogP contribution in [0.4, 0.5) is 0 Å². The molecule has 0 fully saturated rings. The number of hydrogen-bond acceptors (Lipinski definition) is 3. The predicted octanol–water partition coefficient (Wildman–Crippen LogP) is 4.25. The molecule has 0 radical (unpaired) electrons. The summed E-state index contributed by atoms with van der Waals surface area (Å²) in [6, 6.07) is 13.6. The minimum Gasteiger partial charge on any atom is -0.345 e. The van der Waals surface area contributed by atoms with Gasteiger partial charge in [0.15, 0.2) is 0 Å². The lowest BCUT2D eigenvalue weighted by molar-refractivity contribution is 0.0939. The molecule has 0 spiro atoms. The van der Waals surface area contributed by atoms with Crippen molar-refractivity contribution < 1.29 is 4.79 Å². The van der Waals surface area contributed by atoms with E-state index in [9.17, 15) is 4.79 Å². The van der Waals surface area contributed by atoms with Crippen molar-refractivity contribution in [3.63, 3.8) is 0 Å². The maximum atomic E-state index is 12.5. The number of aryl methyl sites for hydroxylation is 2. The number of aromatic nitrogens is 2. The number of pyridine rings is 2. The molecule has 1 amide bonds. The van der Waals surface area contributed by atoms with Crippen molar-refractivity contribution in [2.45, 2.75) is 26.8 Å². The molecule has 126 valence electrons. The second-order valence-electron chi connectivity index (χ2n) is 6.23. The molecule has 0 aliphatic heterocycles. The van der Waals surface area contributed by atoms with Crippen molar-refractivity contribution in [2.24, 2.45) is 0 Å². The molecule has 1 aromatic carbocycles. The summed E-state index contributed by atoms with van der Waals surface area (Å²) in [5.74, 6) is -0.127. The lowest BCUT2D eigenvalue weighted by Crippen LogP contribution is -2.27. The smallest absolute Gasteiger partial charge is 0.253 e. The molecule has 3 rings (SSSR count).